The molecule has 0 atom stereocenters. The average Bonchev–Trinajstić information content (AvgIpc) is 2.40. The standard InChI is InChI=1S/C13H14N2O2/c1-2-10-5-3-4-6-12(10)17-13-8-14-11(9-16)7-15-13/h3-8,16H,2,9H2,1H3. The summed E-state index contributed by atoms with van der Waals surface area (Å²) in [4.78, 5) is 8.09. The Bertz CT molecular complexity index is 483. The van der Waals surface area contributed by atoms with Crippen LogP contribution in [0.25, 0.3) is 0 Å². The molecular formula is C13H14N2O2. The molecule has 2 rings (SSSR count). The van der Waals surface area contributed by atoms with Gasteiger partial charge in [-0.05, 0) is 18.1 Å². The van der Waals surface area contributed by atoms with Crippen molar-refractivity contribution in [3.05, 3.63) is 47.9 Å². The van der Waals surface area contributed by atoms with Crippen molar-refractivity contribution in [2.24, 2.45) is 0 Å². The highest BCUT2D eigenvalue weighted by Crippen LogP contribution is 2.23. The predicted octanol–water partition coefficient (Wildman–Crippen LogP) is 2.32. The van der Waals surface area contributed by atoms with Crippen LogP contribution in [0, 0.1) is 0 Å². The van der Waals surface area contributed by atoms with Crippen molar-refractivity contribution in [2.45, 2.75) is 20.0 Å². The van der Waals surface area contributed by atoms with Crippen LogP contribution in [0.2, 0.25) is 0 Å². The third-order valence-corrected chi connectivity index (χ3v) is 2.41. The van der Waals surface area contributed by atoms with Gasteiger partial charge in [-0.15, -0.1) is 0 Å². The van der Waals surface area contributed by atoms with Crippen LogP contribution in [0.4, 0.5) is 0 Å². The molecule has 0 radical (unpaired) electrons. The van der Waals surface area contributed by atoms with E-state index in [0.717, 1.165) is 17.7 Å². The monoisotopic (exact) mass is 230 g/mol. The quantitative estimate of drug-likeness (QED) is 0.875. The predicted molar refractivity (Wildman–Crippen MR) is 63.8 cm³/mol. The number of aliphatic hydroxyl groups is 1. The van der Waals surface area contributed by atoms with Gasteiger partial charge < -0.3 is 9.84 Å². The SMILES string of the molecule is CCc1ccccc1Oc1cnc(CO)cn1. The summed E-state index contributed by atoms with van der Waals surface area (Å²) in [7, 11) is 0. The largest absolute Gasteiger partial charge is 0.437 e. The van der Waals surface area contributed by atoms with E-state index in [2.05, 4.69) is 16.9 Å². The molecule has 4 heteroatoms. The van der Waals surface area contributed by atoms with E-state index in [1.807, 2.05) is 24.3 Å². The zero-order valence-electron chi connectivity index (χ0n) is 9.63. The van der Waals surface area contributed by atoms with Crippen LogP contribution in [-0.2, 0) is 13.0 Å². The number of ether oxygens (including phenoxy) is 1. The van der Waals surface area contributed by atoms with Crippen molar-refractivity contribution < 1.29 is 9.84 Å². The van der Waals surface area contributed by atoms with Crippen LogP contribution in [-0.4, -0.2) is 15.1 Å². The fraction of sp³-hybridized carbons (Fsp3) is 0.231. The molecule has 0 saturated carbocycles. The summed E-state index contributed by atoms with van der Waals surface area (Å²) < 4.78 is 5.64. The van der Waals surface area contributed by atoms with Crippen LogP contribution in [0.5, 0.6) is 11.6 Å². The normalized spacial score (nSPS) is 10.2. The van der Waals surface area contributed by atoms with Gasteiger partial charge in [-0.1, -0.05) is 25.1 Å². The van der Waals surface area contributed by atoms with Gasteiger partial charge in [0, 0.05) is 0 Å². The summed E-state index contributed by atoms with van der Waals surface area (Å²) in [6, 6.07) is 7.82. The number of para-hydroxylation sites is 1. The molecule has 2 aromatic rings. The maximum Gasteiger partial charge on any atom is 0.237 e. The summed E-state index contributed by atoms with van der Waals surface area (Å²) in [6.45, 7) is 1.96. The number of hydrogen-bond donors (Lipinski definition) is 1. The highest BCUT2D eigenvalue weighted by atomic mass is 16.5. The van der Waals surface area contributed by atoms with Crippen molar-refractivity contribution in [2.75, 3.05) is 0 Å². The first-order valence-corrected chi connectivity index (χ1v) is 5.51. The fourth-order valence-electron chi connectivity index (χ4n) is 1.49. The van der Waals surface area contributed by atoms with Crippen LogP contribution in [0.3, 0.4) is 0 Å². The number of benzene rings is 1. The second-order valence-corrected chi connectivity index (χ2v) is 3.57. The van der Waals surface area contributed by atoms with Gasteiger partial charge in [0.2, 0.25) is 5.88 Å². The minimum absolute atomic E-state index is 0.112. The summed E-state index contributed by atoms with van der Waals surface area (Å²) in [5.74, 6) is 1.23. The van der Waals surface area contributed by atoms with E-state index in [4.69, 9.17) is 9.84 Å². The van der Waals surface area contributed by atoms with Gasteiger partial charge in [-0.25, -0.2) is 4.98 Å². The molecule has 0 saturated heterocycles. The van der Waals surface area contributed by atoms with E-state index < -0.39 is 0 Å². The number of aliphatic hydroxyl groups excluding tert-OH is 1. The van der Waals surface area contributed by atoms with E-state index in [1.165, 1.54) is 12.4 Å². The Morgan fingerprint density at radius 3 is 2.65 bits per heavy atom. The lowest BCUT2D eigenvalue weighted by Crippen LogP contribution is -1.95. The topological polar surface area (TPSA) is 55.2 Å². The average molecular weight is 230 g/mol. The van der Waals surface area contributed by atoms with Gasteiger partial charge in [0.1, 0.15) is 5.75 Å². The lowest BCUT2D eigenvalue weighted by atomic mass is 10.1. The number of hydrogen-bond acceptors (Lipinski definition) is 4. The molecule has 17 heavy (non-hydrogen) atoms. The Morgan fingerprint density at radius 1 is 1.18 bits per heavy atom. The maximum absolute atomic E-state index is 8.86. The molecule has 88 valence electrons. The number of rotatable bonds is 4. The Labute approximate surface area is 99.9 Å². The number of aryl methyl sites for hydroxylation is 1. The van der Waals surface area contributed by atoms with E-state index in [9.17, 15) is 0 Å². The minimum atomic E-state index is -0.112. The Kier molecular flexibility index (Phi) is 3.67. The lowest BCUT2D eigenvalue weighted by Gasteiger charge is -2.08. The lowest BCUT2D eigenvalue weighted by molar-refractivity contribution is 0.276. The summed E-state index contributed by atoms with van der Waals surface area (Å²) in [5.41, 5.74) is 1.65. The molecule has 1 heterocycles. The van der Waals surface area contributed by atoms with Crippen LogP contribution in [0.1, 0.15) is 18.2 Å². The van der Waals surface area contributed by atoms with Crippen molar-refractivity contribution >= 4 is 0 Å². The van der Waals surface area contributed by atoms with Gasteiger partial charge >= 0.3 is 0 Å². The molecule has 0 unspecified atom stereocenters. The Balaban J connectivity index is 2.19. The molecule has 1 aromatic heterocycles. The van der Waals surface area contributed by atoms with E-state index in [-0.39, 0.29) is 6.61 Å². The first kappa shape index (κ1) is 11.5. The van der Waals surface area contributed by atoms with Gasteiger partial charge in [0.15, 0.2) is 0 Å². The third-order valence-electron chi connectivity index (χ3n) is 2.41. The summed E-state index contributed by atoms with van der Waals surface area (Å²) in [5, 5.41) is 8.86. The number of aromatic nitrogens is 2. The highest BCUT2D eigenvalue weighted by molar-refractivity contribution is 5.35. The second-order valence-electron chi connectivity index (χ2n) is 3.57. The van der Waals surface area contributed by atoms with Gasteiger partial charge in [-0.3, -0.25) is 4.98 Å². The first-order valence-electron chi connectivity index (χ1n) is 5.51. The summed E-state index contributed by atoms with van der Waals surface area (Å²) >= 11 is 0. The second kappa shape index (κ2) is 5.41. The van der Waals surface area contributed by atoms with Crippen LogP contribution >= 0.6 is 0 Å². The fourth-order valence-corrected chi connectivity index (χ4v) is 1.49. The molecule has 1 N–H and O–H groups in total. The molecule has 0 spiro atoms. The van der Waals surface area contributed by atoms with Crippen LogP contribution in [0.15, 0.2) is 36.7 Å². The van der Waals surface area contributed by atoms with E-state index in [0.29, 0.717) is 11.6 Å². The van der Waals surface area contributed by atoms with Gasteiger partial charge in [0.05, 0.1) is 24.7 Å². The van der Waals surface area contributed by atoms with Crippen molar-refractivity contribution in [3.63, 3.8) is 0 Å². The molecule has 0 fully saturated rings. The highest BCUT2D eigenvalue weighted by Gasteiger charge is 2.03. The van der Waals surface area contributed by atoms with E-state index in [1.54, 1.807) is 0 Å². The molecule has 0 aliphatic carbocycles. The summed E-state index contributed by atoms with van der Waals surface area (Å²) in [6.07, 6.45) is 3.92. The zero-order valence-corrected chi connectivity index (χ0v) is 9.63. The number of nitrogens with zero attached hydrogens (tertiary/aromatic N) is 2. The Hall–Kier alpha value is -1.94. The molecule has 4 nitrogen and oxygen atoms in total. The smallest absolute Gasteiger partial charge is 0.237 e. The zero-order chi connectivity index (χ0) is 12.1. The van der Waals surface area contributed by atoms with Gasteiger partial charge in [-0.2, -0.15) is 0 Å². The van der Waals surface area contributed by atoms with Crippen molar-refractivity contribution in [3.8, 4) is 11.6 Å². The maximum atomic E-state index is 8.86. The first-order chi connectivity index (χ1) is 8.33. The third kappa shape index (κ3) is 2.79. The van der Waals surface area contributed by atoms with Crippen molar-refractivity contribution in [1.82, 2.24) is 9.97 Å². The molecular weight excluding hydrogens is 216 g/mol. The van der Waals surface area contributed by atoms with Gasteiger partial charge in [0.25, 0.3) is 0 Å². The van der Waals surface area contributed by atoms with Crippen LogP contribution < -0.4 is 4.74 Å². The minimum Gasteiger partial charge on any atom is -0.437 e. The van der Waals surface area contributed by atoms with Crippen molar-refractivity contribution in [1.29, 1.82) is 0 Å². The Morgan fingerprint density at radius 2 is 2.00 bits per heavy atom. The molecule has 0 bridgehead atoms. The molecule has 0 amide bonds. The molecule has 1 aromatic carbocycles. The van der Waals surface area contributed by atoms with E-state index >= 15 is 0 Å². The molecule has 0 aliphatic rings. The molecule has 0 aliphatic heterocycles.